The Balaban J connectivity index is 3.71. The Kier molecular flexibility index (Phi) is 5.57. The molecule has 0 spiro atoms. The first kappa shape index (κ1) is 13.3. The zero-order chi connectivity index (χ0) is 11.2. The Morgan fingerprint density at radius 2 is 2.00 bits per heavy atom. The maximum Gasteiger partial charge on any atom is 0.397 e. The third kappa shape index (κ3) is 7.89. The number of carbonyl (C=O) groups is 1. The first-order valence-corrected chi connectivity index (χ1v) is 4.71. The minimum absolute atomic E-state index is 0.176. The number of alkyl halides is 3. The molecule has 0 radical (unpaired) electrons. The van der Waals surface area contributed by atoms with E-state index in [0.717, 1.165) is 19.3 Å². The van der Waals surface area contributed by atoms with Crippen molar-refractivity contribution in [1.82, 2.24) is 5.32 Å². The van der Waals surface area contributed by atoms with E-state index in [2.05, 4.69) is 5.32 Å². The van der Waals surface area contributed by atoms with Crippen molar-refractivity contribution in [2.75, 3.05) is 0 Å². The maximum atomic E-state index is 11.7. The number of carbonyl (C=O) groups excluding carboxylic acids is 1. The van der Waals surface area contributed by atoms with Crippen LogP contribution in [0.4, 0.5) is 13.2 Å². The van der Waals surface area contributed by atoms with Crippen LogP contribution in [0.25, 0.3) is 0 Å². The minimum atomic E-state index is -4.41. The number of unbranched alkanes of at least 4 members (excludes halogenated alkanes) is 1. The fraction of sp³-hybridized carbons (Fsp3) is 0.889. The highest BCUT2D eigenvalue weighted by Crippen LogP contribution is 2.19. The highest BCUT2D eigenvalue weighted by molar-refractivity contribution is 5.76. The van der Waals surface area contributed by atoms with Crippen molar-refractivity contribution in [1.29, 1.82) is 0 Å². The summed E-state index contributed by atoms with van der Waals surface area (Å²) in [5.41, 5.74) is 0. The molecule has 1 amide bonds. The van der Waals surface area contributed by atoms with Crippen molar-refractivity contribution in [2.24, 2.45) is 0 Å². The summed E-state index contributed by atoms with van der Waals surface area (Å²) in [6, 6.07) is -0.176. The topological polar surface area (TPSA) is 29.1 Å². The van der Waals surface area contributed by atoms with Gasteiger partial charge in [-0.1, -0.05) is 19.8 Å². The average Bonchev–Trinajstić information content (AvgIpc) is 1.96. The zero-order valence-corrected chi connectivity index (χ0v) is 8.45. The minimum Gasteiger partial charge on any atom is -0.353 e. The third-order valence-electron chi connectivity index (χ3n) is 1.76. The number of amides is 1. The van der Waals surface area contributed by atoms with Crippen LogP contribution in [-0.4, -0.2) is 18.1 Å². The van der Waals surface area contributed by atoms with Crippen molar-refractivity contribution >= 4 is 5.91 Å². The standard InChI is InChI=1S/C9H16F3NO/c1-3-4-5-7(2)13-8(14)6-9(10,11)12/h7H,3-6H2,1-2H3,(H,13,14). The van der Waals surface area contributed by atoms with Gasteiger partial charge in [0.1, 0.15) is 6.42 Å². The van der Waals surface area contributed by atoms with Crippen LogP contribution in [0, 0.1) is 0 Å². The average molecular weight is 211 g/mol. The summed E-state index contributed by atoms with van der Waals surface area (Å²) in [4.78, 5) is 10.8. The molecule has 1 atom stereocenters. The van der Waals surface area contributed by atoms with Gasteiger partial charge in [-0.2, -0.15) is 13.2 Å². The van der Waals surface area contributed by atoms with Crippen LogP contribution in [0.15, 0.2) is 0 Å². The van der Waals surface area contributed by atoms with E-state index in [1.807, 2.05) is 6.92 Å². The van der Waals surface area contributed by atoms with Crippen molar-refractivity contribution in [3.05, 3.63) is 0 Å². The molecule has 0 aliphatic heterocycles. The summed E-state index contributed by atoms with van der Waals surface area (Å²) in [6.07, 6.45) is -3.19. The van der Waals surface area contributed by atoms with Gasteiger partial charge in [0, 0.05) is 6.04 Å². The molecule has 0 heterocycles. The Hall–Kier alpha value is -0.740. The second kappa shape index (κ2) is 5.88. The molecule has 84 valence electrons. The molecule has 0 aliphatic carbocycles. The van der Waals surface area contributed by atoms with E-state index < -0.39 is 18.5 Å². The van der Waals surface area contributed by atoms with Crippen molar-refractivity contribution < 1.29 is 18.0 Å². The van der Waals surface area contributed by atoms with Crippen LogP contribution in [0.2, 0.25) is 0 Å². The molecule has 0 saturated heterocycles. The smallest absolute Gasteiger partial charge is 0.353 e. The number of nitrogens with one attached hydrogen (secondary N) is 1. The van der Waals surface area contributed by atoms with Crippen molar-refractivity contribution in [3.63, 3.8) is 0 Å². The Morgan fingerprint density at radius 3 is 2.43 bits per heavy atom. The molecule has 0 aromatic carbocycles. The van der Waals surface area contributed by atoms with Gasteiger partial charge in [0.25, 0.3) is 0 Å². The van der Waals surface area contributed by atoms with E-state index in [0.29, 0.717) is 0 Å². The molecule has 2 nitrogen and oxygen atoms in total. The predicted molar refractivity (Wildman–Crippen MR) is 47.8 cm³/mol. The first-order valence-electron chi connectivity index (χ1n) is 4.71. The number of hydrogen-bond acceptors (Lipinski definition) is 1. The molecule has 0 aliphatic rings. The van der Waals surface area contributed by atoms with Crippen LogP contribution >= 0.6 is 0 Å². The van der Waals surface area contributed by atoms with Gasteiger partial charge in [0.15, 0.2) is 0 Å². The number of rotatable bonds is 5. The zero-order valence-electron chi connectivity index (χ0n) is 8.45. The molecule has 0 fully saturated rings. The third-order valence-corrected chi connectivity index (χ3v) is 1.76. The maximum absolute atomic E-state index is 11.7. The lowest BCUT2D eigenvalue weighted by atomic mass is 10.1. The van der Waals surface area contributed by atoms with Gasteiger partial charge in [0.2, 0.25) is 5.91 Å². The molecule has 0 aromatic heterocycles. The van der Waals surface area contributed by atoms with E-state index in [1.165, 1.54) is 0 Å². The van der Waals surface area contributed by atoms with E-state index in [1.54, 1.807) is 6.92 Å². The van der Waals surface area contributed by atoms with E-state index in [-0.39, 0.29) is 6.04 Å². The molecule has 0 aromatic rings. The molecule has 1 N–H and O–H groups in total. The lowest BCUT2D eigenvalue weighted by Crippen LogP contribution is -2.35. The molecule has 14 heavy (non-hydrogen) atoms. The van der Waals surface area contributed by atoms with Gasteiger partial charge < -0.3 is 5.32 Å². The normalized spacial score (nSPS) is 13.8. The van der Waals surface area contributed by atoms with Crippen molar-refractivity contribution in [2.45, 2.75) is 51.7 Å². The Bertz CT molecular complexity index is 179. The van der Waals surface area contributed by atoms with E-state index in [4.69, 9.17) is 0 Å². The summed E-state index contributed by atoms with van der Waals surface area (Å²) in [5, 5.41) is 2.31. The molecule has 0 bridgehead atoms. The van der Waals surface area contributed by atoms with Gasteiger partial charge in [-0.3, -0.25) is 4.79 Å². The Labute approximate surface area is 81.9 Å². The quantitative estimate of drug-likeness (QED) is 0.744. The fourth-order valence-electron chi connectivity index (χ4n) is 1.09. The van der Waals surface area contributed by atoms with Gasteiger partial charge in [0.05, 0.1) is 0 Å². The Morgan fingerprint density at radius 1 is 1.43 bits per heavy atom. The summed E-state index contributed by atoms with van der Waals surface area (Å²) in [5.74, 6) is -0.943. The van der Waals surface area contributed by atoms with Gasteiger partial charge in [-0.05, 0) is 13.3 Å². The highest BCUT2D eigenvalue weighted by atomic mass is 19.4. The fourth-order valence-corrected chi connectivity index (χ4v) is 1.09. The molecule has 1 unspecified atom stereocenters. The monoisotopic (exact) mass is 211 g/mol. The van der Waals surface area contributed by atoms with E-state index in [9.17, 15) is 18.0 Å². The molecule has 0 saturated carbocycles. The summed E-state index contributed by atoms with van der Waals surface area (Å²) >= 11 is 0. The van der Waals surface area contributed by atoms with Crippen molar-refractivity contribution in [3.8, 4) is 0 Å². The number of halogens is 3. The summed E-state index contributed by atoms with van der Waals surface area (Å²) < 4.78 is 35.2. The first-order chi connectivity index (χ1) is 6.35. The van der Waals surface area contributed by atoms with Crippen LogP contribution in [0.1, 0.15) is 39.5 Å². The van der Waals surface area contributed by atoms with Crippen LogP contribution < -0.4 is 5.32 Å². The largest absolute Gasteiger partial charge is 0.397 e. The lowest BCUT2D eigenvalue weighted by Gasteiger charge is -2.14. The van der Waals surface area contributed by atoms with E-state index >= 15 is 0 Å². The second-order valence-corrected chi connectivity index (χ2v) is 3.40. The molecular weight excluding hydrogens is 195 g/mol. The van der Waals surface area contributed by atoms with Gasteiger partial charge in [-0.15, -0.1) is 0 Å². The van der Waals surface area contributed by atoms with Gasteiger partial charge >= 0.3 is 6.18 Å². The molecule has 0 rings (SSSR count). The van der Waals surface area contributed by atoms with Crippen LogP contribution in [0.5, 0.6) is 0 Å². The molecular formula is C9H16F3NO. The van der Waals surface area contributed by atoms with Crippen LogP contribution in [0.3, 0.4) is 0 Å². The second-order valence-electron chi connectivity index (χ2n) is 3.40. The van der Waals surface area contributed by atoms with Gasteiger partial charge in [-0.25, -0.2) is 0 Å². The lowest BCUT2D eigenvalue weighted by molar-refractivity contribution is -0.154. The summed E-state index contributed by atoms with van der Waals surface area (Å²) in [7, 11) is 0. The SMILES string of the molecule is CCCCC(C)NC(=O)CC(F)(F)F. The highest BCUT2D eigenvalue weighted by Gasteiger charge is 2.31. The van der Waals surface area contributed by atoms with Crippen LogP contribution in [-0.2, 0) is 4.79 Å². The number of hydrogen-bond donors (Lipinski definition) is 1. The molecule has 5 heteroatoms. The predicted octanol–water partition coefficient (Wildman–Crippen LogP) is 2.63. The summed E-state index contributed by atoms with van der Waals surface area (Å²) in [6.45, 7) is 3.70.